The first-order valence-corrected chi connectivity index (χ1v) is 4.95. The molecule has 0 spiro atoms. The molecule has 0 saturated heterocycles. The maximum absolute atomic E-state index is 10.7. The summed E-state index contributed by atoms with van der Waals surface area (Å²) in [6.07, 6.45) is 3.39. The van der Waals surface area contributed by atoms with Gasteiger partial charge in [-0.25, -0.2) is 0 Å². The van der Waals surface area contributed by atoms with Crippen LogP contribution in [0.15, 0.2) is 37.1 Å². The molecule has 0 N–H and O–H groups in total. The summed E-state index contributed by atoms with van der Waals surface area (Å²) < 4.78 is 1.84. The number of aromatic nitrogens is 1. The lowest BCUT2D eigenvalue weighted by Gasteiger charge is -1.99. The minimum atomic E-state index is -0.467. The highest BCUT2D eigenvalue weighted by Gasteiger charge is 2.12. The Kier molecular flexibility index (Phi) is 2.63. The van der Waals surface area contributed by atoms with Crippen LogP contribution in [0.2, 0.25) is 0 Å². The summed E-state index contributed by atoms with van der Waals surface area (Å²) in [5.74, 6) is 0. The molecule has 0 aliphatic heterocycles. The number of non-ortho nitro benzene ring substituents is 1. The summed E-state index contributed by atoms with van der Waals surface area (Å²) in [7, 11) is 0. The summed E-state index contributed by atoms with van der Waals surface area (Å²) >= 11 is 0. The minimum absolute atomic E-state index is 0.00893. The van der Waals surface area contributed by atoms with Gasteiger partial charge in [0.05, 0.1) is 16.0 Å². The number of hydrogen-bond acceptors (Lipinski definition) is 3. The third-order valence-electron chi connectivity index (χ3n) is 2.52. The topological polar surface area (TPSA) is 71.9 Å². The zero-order valence-electron chi connectivity index (χ0n) is 8.96. The highest BCUT2D eigenvalue weighted by molar-refractivity contribution is 5.88. The summed E-state index contributed by atoms with van der Waals surface area (Å²) in [5.41, 5.74) is 1.22. The van der Waals surface area contributed by atoms with Crippen LogP contribution in [-0.2, 0) is 6.54 Å². The zero-order valence-corrected chi connectivity index (χ0v) is 8.96. The van der Waals surface area contributed by atoms with E-state index in [2.05, 4.69) is 6.58 Å². The molecule has 5 nitrogen and oxygen atoms in total. The molecule has 0 unspecified atom stereocenters. The van der Waals surface area contributed by atoms with Crippen LogP contribution in [0.4, 0.5) is 5.69 Å². The van der Waals surface area contributed by atoms with Crippen molar-refractivity contribution in [1.29, 1.82) is 5.26 Å². The molecule has 2 aromatic rings. The molecule has 17 heavy (non-hydrogen) atoms. The average Bonchev–Trinajstić information content (AvgIpc) is 2.67. The molecule has 0 saturated carbocycles. The van der Waals surface area contributed by atoms with Gasteiger partial charge in [-0.2, -0.15) is 5.26 Å². The van der Waals surface area contributed by atoms with Crippen molar-refractivity contribution in [3.05, 3.63) is 52.7 Å². The van der Waals surface area contributed by atoms with Crippen molar-refractivity contribution in [3.8, 4) is 6.07 Å². The molecule has 1 heterocycles. The third-order valence-corrected chi connectivity index (χ3v) is 2.52. The van der Waals surface area contributed by atoms with Gasteiger partial charge in [0.25, 0.3) is 5.69 Å². The molecule has 0 aliphatic carbocycles. The fourth-order valence-electron chi connectivity index (χ4n) is 1.78. The van der Waals surface area contributed by atoms with Gasteiger partial charge in [0.2, 0.25) is 0 Å². The fourth-order valence-corrected chi connectivity index (χ4v) is 1.78. The van der Waals surface area contributed by atoms with E-state index in [0.717, 1.165) is 5.52 Å². The molecular formula is C12H9N3O2. The number of nitro groups is 1. The Hall–Kier alpha value is -2.61. The smallest absolute Gasteiger partial charge is 0.270 e. The second kappa shape index (κ2) is 4.10. The molecule has 0 radical (unpaired) electrons. The molecule has 0 fully saturated rings. The predicted octanol–water partition coefficient (Wildman–Crippen LogP) is 2.61. The van der Waals surface area contributed by atoms with E-state index in [9.17, 15) is 10.1 Å². The van der Waals surface area contributed by atoms with Crippen LogP contribution < -0.4 is 0 Å². The van der Waals surface area contributed by atoms with Crippen molar-refractivity contribution >= 4 is 16.6 Å². The van der Waals surface area contributed by atoms with Crippen molar-refractivity contribution in [2.45, 2.75) is 6.54 Å². The molecule has 0 bridgehead atoms. The number of rotatable bonds is 3. The molecule has 2 rings (SSSR count). The Balaban J connectivity index is 2.72. The van der Waals surface area contributed by atoms with Crippen LogP contribution in [-0.4, -0.2) is 9.49 Å². The average molecular weight is 227 g/mol. The van der Waals surface area contributed by atoms with Gasteiger partial charge in [-0.15, -0.1) is 6.58 Å². The first-order valence-electron chi connectivity index (χ1n) is 4.95. The minimum Gasteiger partial charge on any atom is -0.342 e. The largest absolute Gasteiger partial charge is 0.342 e. The second-order valence-corrected chi connectivity index (χ2v) is 3.55. The van der Waals surface area contributed by atoms with Crippen molar-refractivity contribution in [3.63, 3.8) is 0 Å². The van der Waals surface area contributed by atoms with E-state index in [1.54, 1.807) is 18.3 Å². The number of nitrogens with zero attached hydrogens (tertiary/aromatic N) is 3. The second-order valence-electron chi connectivity index (χ2n) is 3.55. The molecule has 0 aliphatic rings. The van der Waals surface area contributed by atoms with Crippen LogP contribution in [0.3, 0.4) is 0 Å². The monoisotopic (exact) mass is 227 g/mol. The van der Waals surface area contributed by atoms with E-state index in [-0.39, 0.29) is 5.69 Å². The first kappa shape index (κ1) is 10.9. The quantitative estimate of drug-likeness (QED) is 0.459. The van der Waals surface area contributed by atoms with Crippen LogP contribution in [0, 0.1) is 21.4 Å². The van der Waals surface area contributed by atoms with E-state index in [1.165, 1.54) is 12.1 Å². The van der Waals surface area contributed by atoms with Crippen molar-refractivity contribution in [1.82, 2.24) is 4.57 Å². The maximum atomic E-state index is 10.7. The van der Waals surface area contributed by atoms with Crippen LogP contribution in [0.25, 0.3) is 10.9 Å². The Labute approximate surface area is 97.3 Å². The summed E-state index contributed by atoms with van der Waals surface area (Å²) in [4.78, 5) is 10.2. The fraction of sp³-hybridized carbons (Fsp3) is 0.0833. The van der Waals surface area contributed by atoms with Crippen molar-refractivity contribution in [2.75, 3.05) is 0 Å². The number of nitro benzene ring substituents is 1. The Bertz CT molecular complexity index is 650. The van der Waals surface area contributed by atoms with Crippen molar-refractivity contribution in [2.24, 2.45) is 0 Å². The standard InChI is InChI=1S/C12H9N3O2/c1-2-5-14-8-9(7-13)11-6-10(15(16)17)3-4-12(11)14/h2-4,6,8H,1,5H2. The Morgan fingerprint density at radius 1 is 1.59 bits per heavy atom. The number of nitriles is 1. The molecule has 84 valence electrons. The molecule has 5 heteroatoms. The maximum Gasteiger partial charge on any atom is 0.270 e. The van der Waals surface area contributed by atoms with Gasteiger partial charge in [0.1, 0.15) is 6.07 Å². The van der Waals surface area contributed by atoms with Crippen LogP contribution in [0.1, 0.15) is 5.56 Å². The lowest BCUT2D eigenvalue weighted by atomic mass is 10.2. The number of fused-ring (bicyclic) bond motifs is 1. The van der Waals surface area contributed by atoms with Crippen molar-refractivity contribution < 1.29 is 4.92 Å². The Morgan fingerprint density at radius 2 is 2.35 bits per heavy atom. The molecule has 0 amide bonds. The number of hydrogen-bond donors (Lipinski definition) is 0. The highest BCUT2D eigenvalue weighted by Crippen LogP contribution is 2.25. The molecule has 0 atom stereocenters. The van der Waals surface area contributed by atoms with Gasteiger partial charge >= 0.3 is 0 Å². The predicted molar refractivity (Wildman–Crippen MR) is 63.5 cm³/mol. The molecule has 1 aromatic heterocycles. The van der Waals surface area contributed by atoms with E-state index >= 15 is 0 Å². The van der Waals surface area contributed by atoms with Gasteiger partial charge in [0.15, 0.2) is 0 Å². The number of allylic oxidation sites excluding steroid dienone is 1. The molecular weight excluding hydrogens is 218 g/mol. The van der Waals surface area contributed by atoms with Gasteiger partial charge in [-0.3, -0.25) is 10.1 Å². The van der Waals surface area contributed by atoms with Gasteiger partial charge < -0.3 is 4.57 Å². The summed E-state index contributed by atoms with van der Waals surface area (Å²) in [5, 5.41) is 20.3. The van der Waals surface area contributed by atoms with Crippen LogP contribution in [0.5, 0.6) is 0 Å². The normalized spacial score (nSPS) is 10.1. The van der Waals surface area contributed by atoms with E-state index in [4.69, 9.17) is 5.26 Å². The van der Waals surface area contributed by atoms with E-state index in [0.29, 0.717) is 17.5 Å². The van der Waals surface area contributed by atoms with E-state index < -0.39 is 4.92 Å². The summed E-state index contributed by atoms with van der Waals surface area (Å²) in [6.45, 7) is 4.20. The van der Waals surface area contributed by atoms with Gasteiger partial charge in [-0.1, -0.05) is 6.08 Å². The highest BCUT2D eigenvalue weighted by atomic mass is 16.6. The molecule has 1 aromatic carbocycles. The van der Waals surface area contributed by atoms with Gasteiger partial charge in [-0.05, 0) is 6.07 Å². The third kappa shape index (κ3) is 1.76. The Morgan fingerprint density at radius 3 is 2.94 bits per heavy atom. The zero-order chi connectivity index (χ0) is 12.4. The van der Waals surface area contributed by atoms with Crippen LogP contribution >= 0.6 is 0 Å². The SMILES string of the molecule is C=CCn1cc(C#N)c2cc([N+](=O)[O-])ccc21. The number of benzene rings is 1. The lowest BCUT2D eigenvalue weighted by Crippen LogP contribution is -1.92. The van der Waals surface area contributed by atoms with E-state index in [1.807, 2.05) is 10.6 Å². The van der Waals surface area contributed by atoms with Gasteiger partial charge in [0, 0.05) is 30.3 Å². The first-order chi connectivity index (χ1) is 8.17. The summed E-state index contributed by atoms with van der Waals surface area (Å²) in [6, 6.07) is 6.55. The lowest BCUT2D eigenvalue weighted by molar-refractivity contribution is -0.384.